The van der Waals surface area contributed by atoms with Gasteiger partial charge < -0.3 is 5.73 Å². The van der Waals surface area contributed by atoms with Gasteiger partial charge in [-0.05, 0) is 17.5 Å². The summed E-state index contributed by atoms with van der Waals surface area (Å²) >= 11 is 0. The number of benzene rings is 1. The van der Waals surface area contributed by atoms with Crippen LogP contribution in [0.4, 0.5) is 0 Å². The van der Waals surface area contributed by atoms with Crippen molar-refractivity contribution in [3.05, 3.63) is 64.1 Å². The molecule has 1 atom stereocenters. The normalized spacial score (nSPS) is 12.6. The summed E-state index contributed by atoms with van der Waals surface area (Å²) in [7, 11) is 0. The van der Waals surface area contributed by atoms with Crippen LogP contribution in [0.25, 0.3) is 0 Å². The summed E-state index contributed by atoms with van der Waals surface area (Å²) in [6.45, 7) is 4.71. The molecule has 2 N–H and O–H groups in total. The first-order valence-corrected chi connectivity index (χ1v) is 6.46. The van der Waals surface area contributed by atoms with Crippen molar-refractivity contribution in [2.45, 2.75) is 26.4 Å². The van der Waals surface area contributed by atoms with Gasteiger partial charge in [-0.25, -0.2) is 4.68 Å². The maximum absolute atomic E-state index is 11.7. The van der Waals surface area contributed by atoms with E-state index in [0.717, 1.165) is 5.56 Å². The highest BCUT2D eigenvalue weighted by atomic mass is 16.1. The highest BCUT2D eigenvalue weighted by molar-refractivity contribution is 5.26. The molecule has 0 bridgehead atoms. The van der Waals surface area contributed by atoms with Crippen LogP contribution in [0, 0.1) is 5.92 Å². The van der Waals surface area contributed by atoms with Gasteiger partial charge in [0.25, 0.3) is 5.56 Å². The standard InChI is InChI=1S/C15H19N3O/c1-11(2)10-18-14(19)9-8-13(17-18)15(16)12-6-4-3-5-7-12/h3-9,11,15H,10,16H2,1-2H3. The molecular weight excluding hydrogens is 238 g/mol. The summed E-state index contributed by atoms with van der Waals surface area (Å²) in [5, 5.41) is 4.37. The summed E-state index contributed by atoms with van der Waals surface area (Å²) in [6, 6.07) is 12.7. The quantitative estimate of drug-likeness (QED) is 0.910. The first-order valence-electron chi connectivity index (χ1n) is 6.46. The van der Waals surface area contributed by atoms with E-state index in [1.54, 1.807) is 6.07 Å². The Kier molecular flexibility index (Phi) is 4.12. The number of nitrogens with two attached hydrogens (primary N) is 1. The smallest absolute Gasteiger partial charge is 0.266 e. The second kappa shape index (κ2) is 5.80. The van der Waals surface area contributed by atoms with Crippen molar-refractivity contribution in [3.8, 4) is 0 Å². The van der Waals surface area contributed by atoms with Gasteiger partial charge in [-0.15, -0.1) is 0 Å². The number of nitrogens with zero attached hydrogens (tertiary/aromatic N) is 2. The molecule has 0 amide bonds. The third kappa shape index (κ3) is 3.29. The van der Waals surface area contributed by atoms with Crippen LogP contribution in [-0.2, 0) is 6.54 Å². The molecule has 0 saturated carbocycles. The van der Waals surface area contributed by atoms with Gasteiger partial charge >= 0.3 is 0 Å². The number of hydrogen-bond donors (Lipinski definition) is 1. The zero-order valence-electron chi connectivity index (χ0n) is 11.3. The molecule has 0 fully saturated rings. The molecule has 1 aromatic heterocycles. The molecule has 2 rings (SSSR count). The molecule has 0 aliphatic rings. The summed E-state index contributed by atoms with van der Waals surface area (Å²) in [5.74, 6) is 0.369. The first kappa shape index (κ1) is 13.5. The minimum Gasteiger partial charge on any atom is -0.319 e. The lowest BCUT2D eigenvalue weighted by atomic mass is 10.0. The van der Waals surface area contributed by atoms with Gasteiger partial charge in [0.05, 0.1) is 11.7 Å². The molecule has 4 nitrogen and oxygen atoms in total. The van der Waals surface area contributed by atoms with Gasteiger partial charge in [-0.1, -0.05) is 44.2 Å². The Morgan fingerprint density at radius 1 is 1.16 bits per heavy atom. The van der Waals surface area contributed by atoms with Crippen LogP contribution in [0.2, 0.25) is 0 Å². The maximum Gasteiger partial charge on any atom is 0.266 e. The third-order valence-corrected chi connectivity index (χ3v) is 2.90. The molecule has 0 saturated heterocycles. The average Bonchev–Trinajstić information content (AvgIpc) is 2.41. The van der Waals surface area contributed by atoms with Crippen molar-refractivity contribution in [3.63, 3.8) is 0 Å². The Hall–Kier alpha value is -1.94. The molecule has 19 heavy (non-hydrogen) atoms. The predicted molar refractivity (Wildman–Crippen MR) is 75.8 cm³/mol. The minimum atomic E-state index is -0.305. The van der Waals surface area contributed by atoms with Crippen LogP contribution >= 0.6 is 0 Å². The first-order chi connectivity index (χ1) is 9.08. The Morgan fingerprint density at radius 2 is 1.84 bits per heavy atom. The lowest BCUT2D eigenvalue weighted by Crippen LogP contribution is -2.27. The fourth-order valence-electron chi connectivity index (χ4n) is 1.94. The topological polar surface area (TPSA) is 60.9 Å². The maximum atomic E-state index is 11.7. The van der Waals surface area contributed by atoms with E-state index in [1.165, 1.54) is 10.7 Å². The van der Waals surface area contributed by atoms with Gasteiger partial charge in [0.1, 0.15) is 0 Å². The van der Waals surface area contributed by atoms with Crippen LogP contribution in [0.3, 0.4) is 0 Å². The van der Waals surface area contributed by atoms with Crippen molar-refractivity contribution in [2.24, 2.45) is 11.7 Å². The lowest BCUT2D eigenvalue weighted by molar-refractivity contribution is 0.455. The molecule has 4 heteroatoms. The SMILES string of the molecule is CC(C)Cn1nc(C(N)c2ccccc2)ccc1=O. The molecule has 0 radical (unpaired) electrons. The van der Waals surface area contributed by atoms with E-state index in [1.807, 2.05) is 30.3 Å². The van der Waals surface area contributed by atoms with E-state index in [-0.39, 0.29) is 11.6 Å². The van der Waals surface area contributed by atoms with E-state index in [4.69, 9.17) is 5.73 Å². The van der Waals surface area contributed by atoms with Crippen molar-refractivity contribution >= 4 is 0 Å². The van der Waals surface area contributed by atoms with Crippen LogP contribution in [0.5, 0.6) is 0 Å². The van der Waals surface area contributed by atoms with E-state index >= 15 is 0 Å². The molecule has 0 aliphatic heterocycles. The highest BCUT2D eigenvalue weighted by Crippen LogP contribution is 2.16. The summed E-state index contributed by atoms with van der Waals surface area (Å²) in [5.41, 5.74) is 7.81. The molecule has 2 aromatic rings. The second-order valence-electron chi connectivity index (χ2n) is 5.06. The van der Waals surface area contributed by atoms with Gasteiger partial charge in [0.15, 0.2) is 0 Å². The minimum absolute atomic E-state index is 0.0855. The van der Waals surface area contributed by atoms with Crippen molar-refractivity contribution in [1.29, 1.82) is 0 Å². The highest BCUT2D eigenvalue weighted by Gasteiger charge is 2.12. The van der Waals surface area contributed by atoms with Gasteiger partial charge in [-0.2, -0.15) is 5.10 Å². The number of aromatic nitrogens is 2. The average molecular weight is 257 g/mol. The van der Waals surface area contributed by atoms with E-state index in [9.17, 15) is 4.79 Å². The summed E-state index contributed by atoms with van der Waals surface area (Å²) < 4.78 is 1.49. The number of rotatable bonds is 4. The molecule has 0 aliphatic carbocycles. The third-order valence-electron chi connectivity index (χ3n) is 2.90. The molecule has 100 valence electrons. The fourth-order valence-corrected chi connectivity index (χ4v) is 1.94. The Labute approximate surface area is 112 Å². The molecule has 1 heterocycles. The monoisotopic (exact) mass is 257 g/mol. The number of hydrogen-bond acceptors (Lipinski definition) is 3. The zero-order chi connectivity index (χ0) is 13.8. The second-order valence-corrected chi connectivity index (χ2v) is 5.06. The molecule has 1 aromatic carbocycles. The fraction of sp³-hybridized carbons (Fsp3) is 0.333. The zero-order valence-corrected chi connectivity index (χ0v) is 11.3. The lowest BCUT2D eigenvalue weighted by Gasteiger charge is -2.14. The van der Waals surface area contributed by atoms with E-state index < -0.39 is 0 Å². The van der Waals surface area contributed by atoms with Gasteiger partial charge in [0.2, 0.25) is 0 Å². The van der Waals surface area contributed by atoms with Crippen molar-refractivity contribution in [2.75, 3.05) is 0 Å². The summed E-state index contributed by atoms with van der Waals surface area (Å²) in [6.07, 6.45) is 0. The van der Waals surface area contributed by atoms with Gasteiger partial charge in [-0.3, -0.25) is 4.79 Å². The Balaban J connectivity index is 2.33. The van der Waals surface area contributed by atoms with E-state index in [0.29, 0.717) is 18.2 Å². The molecule has 1 unspecified atom stereocenters. The van der Waals surface area contributed by atoms with Crippen LogP contribution in [0.15, 0.2) is 47.3 Å². The van der Waals surface area contributed by atoms with Crippen LogP contribution in [0.1, 0.15) is 31.1 Å². The van der Waals surface area contributed by atoms with Crippen molar-refractivity contribution < 1.29 is 0 Å². The molecular formula is C15H19N3O. The Morgan fingerprint density at radius 3 is 2.47 bits per heavy atom. The van der Waals surface area contributed by atoms with E-state index in [2.05, 4.69) is 18.9 Å². The van der Waals surface area contributed by atoms with Crippen LogP contribution < -0.4 is 11.3 Å². The Bertz CT molecular complexity index is 590. The van der Waals surface area contributed by atoms with Gasteiger partial charge in [0, 0.05) is 12.6 Å². The van der Waals surface area contributed by atoms with Crippen LogP contribution in [-0.4, -0.2) is 9.78 Å². The summed E-state index contributed by atoms with van der Waals surface area (Å²) in [4.78, 5) is 11.7. The largest absolute Gasteiger partial charge is 0.319 e. The molecule has 0 spiro atoms. The van der Waals surface area contributed by atoms with Crippen molar-refractivity contribution in [1.82, 2.24) is 9.78 Å². The predicted octanol–water partition coefficient (Wildman–Crippen LogP) is 1.95.